The van der Waals surface area contributed by atoms with Gasteiger partial charge in [-0.15, -0.1) is 0 Å². The maximum Gasteiger partial charge on any atom is 0.249 e. The number of aryl methyl sites for hydroxylation is 3. The van der Waals surface area contributed by atoms with E-state index in [1.165, 1.54) is 0 Å². The molecular formula is C19H18N2O2. The summed E-state index contributed by atoms with van der Waals surface area (Å²) >= 11 is 0. The number of nitrogens with zero attached hydrogens (tertiary/aromatic N) is 1. The number of benzene rings is 2. The maximum atomic E-state index is 12.5. The van der Waals surface area contributed by atoms with Gasteiger partial charge >= 0.3 is 0 Å². The van der Waals surface area contributed by atoms with E-state index >= 15 is 0 Å². The van der Waals surface area contributed by atoms with Crippen LogP contribution in [0.15, 0.2) is 42.5 Å². The van der Waals surface area contributed by atoms with Gasteiger partial charge in [-0.25, -0.2) is 0 Å². The van der Waals surface area contributed by atoms with E-state index in [1.807, 2.05) is 45.0 Å². The molecule has 0 heterocycles. The second-order valence-electron chi connectivity index (χ2n) is 5.53. The van der Waals surface area contributed by atoms with Crippen LogP contribution < -0.4 is 5.32 Å². The Labute approximate surface area is 135 Å². The Kier molecular flexibility index (Phi) is 4.92. The highest BCUT2D eigenvalue weighted by Crippen LogP contribution is 2.18. The number of amides is 1. The van der Waals surface area contributed by atoms with Crippen LogP contribution in [0.2, 0.25) is 0 Å². The Morgan fingerprint density at radius 1 is 1.00 bits per heavy atom. The number of rotatable bonds is 4. The van der Waals surface area contributed by atoms with Crippen LogP contribution in [-0.2, 0) is 4.79 Å². The first-order valence-electron chi connectivity index (χ1n) is 7.31. The summed E-state index contributed by atoms with van der Waals surface area (Å²) < 4.78 is 0. The molecule has 0 aliphatic heterocycles. The standard InChI is InChI=1S/C19H18N2O2/c1-12-8-9-15(10-14(12)3)18(22)16(11-20)19(23)21-17-7-5-4-6-13(17)2/h4-10,16H,1-3H3,(H,21,23). The predicted octanol–water partition coefficient (Wildman–Crippen LogP) is 3.57. The van der Waals surface area contributed by atoms with Crippen molar-refractivity contribution in [3.63, 3.8) is 0 Å². The first-order chi connectivity index (χ1) is 10.9. The first-order valence-corrected chi connectivity index (χ1v) is 7.31. The Morgan fingerprint density at radius 2 is 1.70 bits per heavy atom. The van der Waals surface area contributed by atoms with Gasteiger partial charge in [-0.2, -0.15) is 5.26 Å². The van der Waals surface area contributed by atoms with Crippen LogP contribution in [0.4, 0.5) is 5.69 Å². The van der Waals surface area contributed by atoms with Gasteiger partial charge in [0.25, 0.3) is 0 Å². The average molecular weight is 306 g/mol. The zero-order chi connectivity index (χ0) is 17.0. The van der Waals surface area contributed by atoms with E-state index in [-0.39, 0.29) is 0 Å². The lowest BCUT2D eigenvalue weighted by Crippen LogP contribution is -2.29. The van der Waals surface area contributed by atoms with Crippen LogP contribution in [0.1, 0.15) is 27.0 Å². The van der Waals surface area contributed by atoms with Crippen LogP contribution in [0.3, 0.4) is 0 Å². The number of carbonyl (C=O) groups is 2. The Hall–Kier alpha value is -2.93. The van der Waals surface area contributed by atoms with Crippen LogP contribution in [0.25, 0.3) is 0 Å². The Morgan fingerprint density at radius 3 is 2.30 bits per heavy atom. The van der Waals surface area contributed by atoms with E-state index in [1.54, 1.807) is 24.3 Å². The third-order valence-corrected chi connectivity index (χ3v) is 3.85. The number of para-hydroxylation sites is 1. The highest BCUT2D eigenvalue weighted by atomic mass is 16.2. The second-order valence-corrected chi connectivity index (χ2v) is 5.53. The zero-order valence-electron chi connectivity index (χ0n) is 13.4. The molecule has 0 aliphatic rings. The van der Waals surface area contributed by atoms with Crippen LogP contribution in [0, 0.1) is 38.0 Å². The molecule has 1 N–H and O–H groups in total. The molecule has 0 saturated carbocycles. The molecule has 0 aliphatic carbocycles. The van der Waals surface area contributed by atoms with Gasteiger partial charge in [-0.1, -0.05) is 30.3 Å². The van der Waals surface area contributed by atoms with Gasteiger partial charge in [0.15, 0.2) is 11.7 Å². The smallest absolute Gasteiger partial charge is 0.249 e. The van der Waals surface area contributed by atoms with E-state index in [2.05, 4.69) is 5.32 Å². The largest absolute Gasteiger partial charge is 0.324 e. The minimum Gasteiger partial charge on any atom is -0.324 e. The van der Waals surface area contributed by atoms with Gasteiger partial charge < -0.3 is 5.32 Å². The van der Waals surface area contributed by atoms with Gasteiger partial charge in [0.2, 0.25) is 5.91 Å². The number of anilines is 1. The van der Waals surface area contributed by atoms with Crippen molar-refractivity contribution in [3.05, 3.63) is 64.7 Å². The highest BCUT2D eigenvalue weighted by molar-refractivity contribution is 6.15. The lowest BCUT2D eigenvalue weighted by atomic mass is 9.95. The number of hydrogen-bond donors (Lipinski definition) is 1. The van der Waals surface area contributed by atoms with Crippen LogP contribution >= 0.6 is 0 Å². The highest BCUT2D eigenvalue weighted by Gasteiger charge is 2.28. The average Bonchev–Trinajstić information content (AvgIpc) is 2.53. The van der Waals surface area contributed by atoms with Gasteiger partial charge in [-0.3, -0.25) is 9.59 Å². The van der Waals surface area contributed by atoms with Crippen molar-refractivity contribution < 1.29 is 9.59 Å². The number of nitrogens with one attached hydrogen (secondary N) is 1. The number of nitriles is 1. The summed E-state index contributed by atoms with van der Waals surface area (Å²) in [5, 5.41) is 11.9. The third-order valence-electron chi connectivity index (χ3n) is 3.85. The normalized spacial score (nSPS) is 11.4. The Balaban J connectivity index is 2.23. The molecule has 1 unspecified atom stereocenters. The number of carbonyl (C=O) groups excluding carboxylic acids is 2. The van der Waals surface area contributed by atoms with E-state index < -0.39 is 17.6 Å². The number of Topliss-reactive ketones (excluding diaryl/α,β-unsaturated/α-hetero) is 1. The van der Waals surface area contributed by atoms with Gasteiger partial charge in [0.1, 0.15) is 0 Å². The number of hydrogen-bond acceptors (Lipinski definition) is 3. The molecular weight excluding hydrogens is 288 g/mol. The fourth-order valence-corrected chi connectivity index (χ4v) is 2.22. The topological polar surface area (TPSA) is 70.0 Å². The molecule has 1 amide bonds. The fourth-order valence-electron chi connectivity index (χ4n) is 2.22. The van der Waals surface area contributed by atoms with Crippen molar-refractivity contribution in [2.45, 2.75) is 20.8 Å². The van der Waals surface area contributed by atoms with E-state index in [4.69, 9.17) is 0 Å². The van der Waals surface area contributed by atoms with Gasteiger partial charge in [0, 0.05) is 11.3 Å². The third kappa shape index (κ3) is 3.64. The number of ketones is 1. The molecule has 0 saturated heterocycles. The molecule has 4 nitrogen and oxygen atoms in total. The fraction of sp³-hybridized carbons (Fsp3) is 0.211. The van der Waals surface area contributed by atoms with Crippen molar-refractivity contribution in [2.24, 2.45) is 5.92 Å². The molecule has 0 spiro atoms. The van der Waals surface area contributed by atoms with Crippen LogP contribution in [-0.4, -0.2) is 11.7 Å². The molecule has 0 bridgehead atoms. The monoisotopic (exact) mass is 306 g/mol. The van der Waals surface area contributed by atoms with Gasteiger partial charge in [0.05, 0.1) is 6.07 Å². The molecule has 1 atom stereocenters. The molecule has 116 valence electrons. The lowest BCUT2D eigenvalue weighted by molar-refractivity contribution is -0.117. The SMILES string of the molecule is Cc1ccc(C(=O)C(C#N)C(=O)Nc2ccccc2C)cc1C. The minimum absolute atomic E-state index is 0.375. The van der Waals surface area contributed by atoms with E-state index in [0.29, 0.717) is 11.3 Å². The zero-order valence-corrected chi connectivity index (χ0v) is 13.4. The van der Waals surface area contributed by atoms with Crippen molar-refractivity contribution in [2.75, 3.05) is 5.32 Å². The van der Waals surface area contributed by atoms with E-state index in [9.17, 15) is 14.9 Å². The van der Waals surface area contributed by atoms with E-state index in [0.717, 1.165) is 16.7 Å². The molecule has 4 heteroatoms. The summed E-state index contributed by atoms with van der Waals surface area (Å²) in [6.45, 7) is 5.68. The predicted molar refractivity (Wildman–Crippen MR) is 89.2 cm³/mol. The Bertz CT molecular complexity index is 803. The van der Waals surface area contributed by atoms with Crippen LogP contribution in [0.5, 0.6) is 0 Å². The second kappa shape index (κ2) is 6.89. The lowest BCUT2D eigenvalue weighted by Gasteiger charge is -2.12. The molecule has 23 heavy (non-hydrogen) atoms. The van der Waals surface area contributed by atoms with Crippen molar-refractivity contribution >= 4 is 17.4 Å². The summed E-state index contributed by atoms with van der Waals surface area (Å²) in [6, 6.07) is 14.2. The van der Waals surface area contributed by atoms with Crippen molar-refractivity contribution in [1.29, 1.82) is 5.26 Å². The molecule has 2 rings (SSSR count). The summed E-state index contributed by atoms with van der Waals surface area (Å²) in [5.41, 5.74) is 3.85. The molecule has 0 aromatic heterocycles. The molecule has 0 fully saturated rings. The summed E-state index contributed by atoms with van der Waals surface area (Å²) in [5.74, 6) is -2.46. The minimum atomic E-state index is -1.36. The first kappa shape index (κ1) is 16.4. The molecule has 0 radical (unpaired) electrons. The quantitative estimate of drug-likeness (QED) is 0.693. The summed E-state index contributed by atoms with van der Waals surface area (Å²) in [7, 11) is 0. The maximum absolute atomic E-state index is 12.5. The summed E-state index contributed by atoms with van der Waals surface area (Å²) in [6.07, 6.45) is 0. The molecule has 2 aromatic carbocycles. The van der Waals surface area contributed by atoms with Crippen molar-refractivity contribution in [3.8, 4) is 6.07 Å². The van der Waals surface area contributed by atoms with Gasteiger partial charge in [-0.05, 0) is 49.6 Å². The molecule has 2 aromatic rings. The summed E-state index contributed by atoms with van der Waals surface area (Å²) in [4.78, 5) is 24.8. The van der Waals surface area contributed by atoms with Crippen molar-refractivity contribution in [1.82, 2.24) is 0 Å².